The van der Waals surface area contributed by atoms with Crippen molar-refractivity contribution in [2.24, 2.45) is 5.92 Å². The van der Waals surface area contributed by atoms with E-state index in [1.807, 2.05) is 11.6 Å². The highest BCUT2D eigenvalue weighted by Crippen LogP contribution is 2.16. The van der Waals surface area contributed by atoms with Crippen molar-refractivity contribution in [2.75, 3.05) is 7.11 Å². The van der Waals surface area contributed by atoms with Gasteiger partial charge in [0.15, 0.2) is 0 Å². The van der Waals surface area contributed by atoms with Crippen molar-refractivity contribution in [2.45, 2.75) is 47.1 Å². The summed E-state index contributed by atoms with van der Waals surface area (Å²) < 4.78 is 2.03. The second-order valence-electron chi connectivity index (χ2n) is 4.95. The number of hydrogen-bond donors (Lipinski definition) is 1. The number of hydroxylamine groups is 1. The van der Waals surface area contributed by atoms with E-state index < -0.39 is 0 Å². The second kappa shape index (κ2) is 6.54. The Bertz CT molecular complexity index is 411. The summed E-state index contributed by atoms with van der Waals surface area (Å²) in [6.07, 6.45) is 1.12. The number of aryl methyl sites for hydroxylation is 1. The number of rotatable bonds is 6. The van der Waals surface area contributed by atoms with Crippen LogP contribution in [-0.4, -0.2) is 22.8 Å². The molecule has 0 atom stereocenters. The Kier molecular flexibility index (Phi) is 5.34. The topological polar surface area (TPSA) is 56.1 Å². The van der Waals surface area contributed by atoms with Crippen LogP contribution in [0.1, 0.15) is 37.2 Å². The lowest BCUT2D eigenvalue weighted by Gasteiger charge is -2.08. The molecule has 0 aliphatic carbocycles. The smallest absolute Gasteiger partial charge is 0.243 e. The Morgan fingerprint density at radius 3 is 2.67 bits per heavy atom. The summed E-state index contributed by atoms with van der Waals surface area (Å²) in [5, 5.41) is 4.53. The van der Waals surface area contributed by atoms with E-state index in [0.29, 0.717) is 18.8 Å². The van der Waals surface area contributed by atoms with E-state index in [-0.39, 0.29) is 5.91 Å². The quantitative estimate of drug-likeness (QED) is 0.786. The first-order valence-electron chi connectivity index (χ1n) is 6.30. The zero-order chi connectivity index (χ0) is 13.7. The highest BCUT2D eigenvalue weighted by molar-refractivity contribution is 5.75. The number of carbonyl (C=O) groups is 1. The van der Waals surface area contributed by atoms with Crippen LogP contribution in [0.4, 0.5) is 0 Å². The van der Waals surface area contributed by atoms with E-state index in [9.17, 15) is 4.79 Å². The van der Waals surface area contributed by atoms with Gasteiger partial charge >= 0.3 is 0 Å². The summed E-state index contributed by atoms with van der Waals surface area (Å²) in [7, 11) is 1.44. The van der Waals surface area contributed by atoms with Gasteiger partial charge in [0.2, 0.25) is 5.91 Å². The highest BCUT2D eigenvalue weighted by Gasteiger charge is 2.13. The molecule has 1 N–H and O–H groups in total. The van der Waals surface area contributed by atoms with Crippen LogP contribution in [0.2, 0.25) is 0 Å². The predicted octanol–water partition coefficient (Wildman–Crippen LogP) is 1.77. The molecule has 0 radical (unpaired) electrons. The first kappa shape index (κ1) is 14.7. The second-order valence-corrected chi connectivity index (χ2v) is 4.95. The van der Waals surface area contributed by atoms with Gasteiger partial charge in [0, 0.05) is 18.7 Å². The summed E-state index contributed by atoms with van der Waals surface area (Å²) >= 11 is 0. The molecule has 0 aliphatic heterocycles. The highest BCUT2D eigenvalue weighted by atomic mass is 16.6. The lowest BCUT2D eigenvalue weighted by molar-refractivity contribution is -0.131. The minimum absolute atomic E-state index is 0.104. The van der Waals surface area contributed by atoms with E-state index in [2.05, 4.69) is 36.2 Å². The predicted molar refractivity (Wildman–Crippen MR) is 70.0 cm³/mol. The van der Waals surface area contributed by atoms with Gasteiger partial charge in [-0.3, -0.25) is 14.3 Å². The average Bonchev–Trinajstić information content (AvgIpc) is 2.52. The number of aromatic nitrogens is 2. The largest absolute Gasteiger partial charge is 0.277 e. The lowest BCUT2D eigenvalue weighted by Crippen LogP contribution is -2.22. The molecule has 0 aromatic carbocycles. The minimum Gasteiger partial charge on any atom is -0.277 e. The molecule has 5 nitrogen and oxygen atoms in total. The molecular formula is C13H23N3O2. The van der Waals surface area contributed by atoms with Crippen molar-refractivity contribution in [3.8, 4) is 0 Å². The molecule has 0 unspecified atom stereocenters. The van der Waals surface area contributed by atoms with E-state index in [0.717, 1.165) is 17.9 Å². The van der Waals surface area contributed by atoms with Gasteiger partial charge in [0.25, 0.3) is 0 Å². The third kappa shape index (κ3) is 3.84. The number of amides is 1. The normalized spacial score (nSPS) is 11.0. The molecule has 0 aliphatic rings. The van der Waals surface area contributed by atoms with Crippen LogP contribution in [0.15, 0.2) is 0 Å². The van der Waals surface area contributed by atoms with Crippen LogP contribution in [0.5, 0.6) is 0 Å². The van der Waals surface area contributed by atoms with Crippen LogP contribution >= 0.6 is 0 Å². The lowest BCUT2D eigenvalue weighted by atomic mass is 10.1. The van der Waals surface area contributed by atoms with E-state index >= 15 is 0 Å². The van der Waals surface area contributed by atoms with Gasteiger partial charge in [-0.1, -0.05) is 13.8 Å². The molecule has 0 bridgehead atoms. The van der Waals surface area contributed by atoms with Gasteiger partial charge in [0.1, 0.15) is 0 Å². The number of nitrogens with zero attached hydrogens (tertiary/aromatic N) is 2. The van der Waals surface area contributed by atoms with Crippen LogP contribution in [0.25, 0.3) is 0 Å². The van der Waals surface area contributed by atoms with Gasteiger partial charge < -0.3 is 0 Å². The first-order chi connectivity index (χ1) is 8.45. The molecule has 1 amide bonds. The van der Waals surface area contributed by atoms with Crippen molar-refractivity contribution in [1.82, 2.24) is 15.3 Å². The number of carbonyl (C=O) groups excluding carboxylic acids is 1. The standard InChI is InChI=1S/C13H23N3O2/c1-9(2)8-16-11(4)12(10(3)14-16)6-7-13(17)15-18-5/h9H,6-8H2,1-5H3,(H,15,17). The summed E-state index contributed by atoms with van der Waals surface area (Å²) in [4.78, 5) is 16.0. The monoisotopic (exact) mass is 253 g/mol. The van der Waals surface area contributed by atoms with Gasteiger partial charge in [-0.2, -0.15) is 5.10 Å². The fourth-order valence-corrected chi connectivity index (χ4v) is 2.02. The molecular weight excluding hydrogens is 230 g/mol. The van der Waals surface area contributed by atoms with Crippen molar-refractivity contribution < 1.29 is 9.63 Å². The number of nitrogens with one attached hydrogen (secondary N) is 1. The van der Waals surface area contributed by atoms with Crippen LogP contribution in [0, 0.1) is 19.8 Å². The molecule has 5 heteroatoms. The third-order valence-electron chi connectivity index (χ3n) is 2.89. The Morgan fingerprint density at radius 2 is 2.11 bits per heavy atom. The molecule has 0 fully saturated rings. The fourth-order valence-electron chi connectivity index (χ4n) is 2.02. The Labute approximate surface area is 108 Å². The zero-order valence-corrected chi connectivity index (χ0v) is 11.9. The first-order valence-corrected chi connectivity index (χ1v) is 6.30. The summed E-state index contributed by atoms with van der Waals surface area (Å²) in [5.41, 5.74) is 5.67. The Balaban J connectivity index is 2.71. The zero-order valence-electron chi connectivity index (χ0n) is 11.9. The summed E-state index contributed by atoms with van der Waals surface area (Å²) in [6.45, 7) is 9.31. The summed E-state index contributed by atoms with van der Waals surface area (Å²) in [6, 6.07) is 0. The van der Waals surface area contributed by atoms with Crippen LogP contribution < -0.4 is 5.48 Å². The number of hydrogen-bond acceptors (Lipinski definition) is 3. The molecule has 0 spiro atoms. The maximum atomic E-state index is 11.4. The SMILES string of the molecule is CONC(=O)CCc1c(C)nn(CC(C)C)c1C. The Morgan fingerprint density at radius 1 is 1.44 bits per heavy atom. The van der Waals surface area contributed by atoms with Crippen molar-refractivity contribution >= 4 is 5.91 Å². The van der Waals surface area contributed by atoms with Crippen LogP contribution in [-0.2, 0) is 22.6 Å². The van der Waals surface area contributed by atoms with E-state index in [1.54, 1.807) is 0 Å². The van der Waals surface area contributed by atoms with Crippen molar-refractivity contribution in [3.05, 3.63) is 17.0 Å². The van der Waals surface area contributed by atoms with Gasteiger partial charge in [0.05, 0.1) is 12.8 Å². The fraction of sp³-hybridized carbons (Fsp3) is 0.692. The molecule has 1 rings (SSSR count). The molecule has 18 heavy (non-hydrogen) atoms. The van der Waals surface area contributed by atoms with Gasteiger partial charge in [-0.05, 0) is 31.7 Å². The summed E-state index contributed by atoms with van der Waals surface area (Å²) in [5.74, 6) is 0.459. The maximum Gasteiger partial charge on any atom is 0.243 e. The molecule has 1 aromatic heterocycles. The molecule has 1 aromatic rings. The molecule has 1 heterocycles. The minimum atomic E-state index is -0.104. The van der Waals surface area contributed by atoms with E-state index in [4.69, 9.17) is 0 Å². The average molecular weight is 253 g/mol. The van der Waals surface area contributed by atoms with Crippen molar-refractivity contribution in [1.29, 1.82) is 0 Å². The Hall–Kier alpha value is -1.36. The maximum absolute atomic E-state index is 11.4. The molecule has 0 saturated carbocycles. The third-order valence-corrected chi connectivity index (χ3v) is 2.89. The van der Waals surface area contributed by atoms with Gasteiger partial charge in [-0.15, -0.1) is 0 Å². The van der Waals surface area contributed by atoms with Crippen LogP contribution in [0.3, 0.4) is 0 Å². The molecule has 0 saturated heterocycles. The van der Waals surface area contributed by atoms with Crippen molar-refractivity contribution in [3.63, 3.8) is 0 Å². The van der Waals surface area contributed by atoms with E-state index in [1.165, 1.54) is 12.7 Å². The van der Waals surface area contributed by atoms with Gasteiger partial charge in [-0.25, -0.2) is 5.48 Å². The molecule has 102 valence electrons.